The number of carboxylic acid groups (broad SMARTS) is 1. The van der Waals surface area contributed by atoms with Crippen LogP contribution in [0.2, 0.25) is 0 Å². The smallest absolute Gasteiger partial charge is 0.313 e. The summed E-state index contributed by atoms with van der Waals surface area (Å²) in [5.74, 6) is -0.807. The Balaban J connectivity index is 2.44. The van der Waals surface area contributed by atoms with Crippen molar-refractivity contribution in [2.24, 2.45) is 0 Å². The van der Waals surface area contributed by atoms with Crippen molar-refractivity contribution >= 4 is 33.2 Å². The topological polar surface area (TPSA) is 37.3 Å². The minimum atomic E-state index is -0.851. The summed E-state index contributed by atoms with van der Waals surface area (Å²) >= 11 is 5.08. The Morgan fingerprint density at radius 3 is 2.61 bits per heavy atom. The Morgan fingerprint density at radius 1 is 1.33 bits per heavy atom. The third-order valence-corrected chi connectivity index (χ3v) is 4.65. The summed E-state index contributed by atoms with van der Waals surface area (Å²) in [6.45, 7) is 3.45. The van der Waals surface area contributed by atoms with Gasteiger partial charge in [0.25, 0.3) is 0 Å². The van der Waals surface area contributed by atoms with Gasteiger partial charge in [0.05, 0.1) is 5.41 Å². The first kappa shape index (κ1) is 13.3. The van der Waals surface area contributed by atoms with Gasteiger partial charge in [-0.1, -0.05) is 34.1 Å². The third-order valence-electron chi connectivity index (χ3n) is 3.00. The molecule has 1 N–H and O–H groups in total. The molecule has 2 rings (SSSR count). The Morgan fingerprint density at radius 2 is 2.00 bits per heavy atom. The van der Waals surface area contributed by atoms with Gasteiger partial charge in [-0.25, -0.2) is 0 Å². The van der Waals surface area contributed by atoms with Crippen LogP contribution in [0.5, 0.6) is 0 Å². The molecule has 2 nitrogen and oxygen atoms in total. The molecule has 0 saturated heterocycles. The zero-order valence-corrected chi connectivity index (χ0v) is 12.5. The van der Waals surface area contributed by atoms with E-state index in [1.165, 1.54) is 0 Å². The fraction of sp³-hybridized carbons (Fsp3) is 0.214. The van der Waals surface area contributed by atoms with E-state index >= 15 is 0 Å². The molecule has 0 aliphatic carbocycles. The monoisotopic (exact) mass is 324 g/mol. The third kappa shape index (κ3) is 2.35. The van der Waals surface area contributed by atoms with Gasteiger partial charge >= 0.3 is 5.97 Å². The molecule has 0 radical (unpaired) electrons. The molecule has 1 aromatic carbocycles. The van der Waals surface area contributed by atoms with Crippen molar-refractivity contribution in [3.63, 3.8) is 0 Å². The lowest BCUT2D eigenvalue weighted by Gasteiger charge is -2.17. The zero-order chi connectivity index (χ0) is 13.3. The molecule has 0 unspecified atom stereocenters. The number of carbonyl (C=O) groups is 1. The predicted octanol–water partition coefficient (Wildman–Crippen LogP) is 4.54. The first-order valence-electron chi connectivity index (χ1n) is 5.50. The van der Waals surface area contributed by atoms with E-state index in [1.807, 2.05) is 35.7 Å². The first-order chi connectivity index (χ1) is 8.43. The Labute approximate surface area is 118 Å². The number of thiophene rings is 1. The van der Waals surface area contributed by atoms with E-state index in [9.17, 15) is 9.90 Å². The standard InChI is InChI=1S/C14H13BrO2S/c1-14(2,13(16)17)9-7-12(18-8-9)10-5-3-4-6-11(10)15/h3-8H,1-2H3,(H,16,17). The maximum absolute atomic E-state index is 11.2. The molecule has 0 bridgehead atoms. The van der Waals surface area contributed by atoms with Crippen LogP contribution in [-0.2, 0) is 10.2 Å². The van der Waals surface area contributed by atoms with Gasteiger partial charge in [0.15, 0.2) is 0 Å². The average molecular weight is 325 g/mol. The predicted molar refractivity (Wildman–Crippen MR) is 78.1 cm³/mol. The molecule has 0 amide bonds. The SMILES string of the molecule is CC(C)(C(=O)O)c1csc(-c2ccccc2Br)c1. The van der Waals surface area contributed by atoms with E-state index in [0.29, 0.717) is 0 Å². The summed E-state index contributed by atoms with van der Waals surface area (Å²) in [6.07, 6.45) is 0. The van der Waals surface area contributed by atoms with Crippen molar-refractivity contribution < 1.29 is 9.90 Å². The molecule has 0 spiro atoms. The molecule has 1 heterocycles. The maximum Gasteiger partial charge on any atom is 0.313 e. The molecule has 0 atom stereocenters. The Kier molecular flexibility index (Phi) is 3.59. The zero-order valence-electron chi connectivity index (χ0n) is 10.1. The summed E-state index contributed by atoms with van der Waals surface area (Å²) in [7, 11) is 0. The maximum atomic E-state index is 11.2. The Hall–Kier alpha value is -1.13. The second-order valence-corrected chi connectivity index (χ2v) is 6.38. The first-order valence-corrected chi connectivity index (χ1v) is 7.17. The van der Waals surface area contributed by atoms with E-state index in [2.05, 4.69) is 15.9 Å². The highest BCUT2D eigenvalue weighted by Gasteiger charge is 2.30. The lowest BCUT2D eigenvalue weighted by atomic mass is 9.86. The van der Waals surface area contributed by atoms with Gasteiger partial charge in [-0.05, 0) is 36.9 Å². The highest BCUT2D eigenvalue weighted by Crippen LogP contribution is 2.36. The van der Waals surface area contributed by atoms with Gasteiger partial charge in [0, 0.05) is 14.9 Å². The van der Waals surface area contributed by atoms with Crippen LogP contribution in [0.3, 0.4) is 0 Å². The van der Waals surface area contributed by atoms with Gasteiger partial charge < -0.3 is 5.11 Å². The summed E-state index contributed by atoms with van der Waals surface area (Å²) in [6, 6.07) is 9.90. The number of rotatable bonds is 3. The van der Waals surface area contributed by atoms with Crippen LogP contribution in [0.15, 0.2) is 40.2 Å². The molecule has 0 fully saturated rings. The molecule has 2 aromatic rings. The molecular formula is C14H13BrO2S. The average Bonchev–Trinajstić information content (AvgIpc) is 2.79. The van der Waals surface area contributed by atoms with E-state index in [0.717, 1.165) is 20.5 Å². The molecule has 1 aromatic heterocycles. The van der Waals surface area contributed by atoms with Crippen molar-refractivity contribution in [1.29, 1.82) is 0 Å². The quantitative estimate of drug-likeness (QED) is 0.899. The number of aliphatic carboxylic acids is 1. The van der Waals surface area contributed by atoms with Crippen LogP contribution < -0.4 is 0 Å². The highest BCUT2D eigenvalue weighted by atomic mass is 79.9. The van der Waals surface area contributed by atoms with Crippen molar-refractivity contribution in [3.05, 3.63) is 45.7 Å². The summed E-state index contributed by atoms with van der Waals surface area (Å²) < 4.78 is 1.02. The van der Waals surface area contributed by atoms with Crippen LogP contribution in [0.4, 0.5) is 0 Å². The van der Waals surface area contributed by atoms with Crippen molar-refractivity contribution in [1.82, 2.24) is 0 Å². The van der Waals surface area contributed by atoms with Crippen LogP contribution in [0.1, 0.15) is 19.4 Å². The van der Waals surface area contributed by atoms with Crippen molar-refractivity contribution in [3.8, 4) is 10.4 Å². The molecule has 0 aliphatic rings. The Bertz CT molecular complexity index is 587. The molecule has 94 valence electrons. The number of benzene rings is 1. The van der Waals surface area contributed by atoms with Gasteiger partial charge in [-0.3, -0.25) is 4.79 Å². The van der Waals surface area contributed by atoms with Gasteiger partial charge in [-0.15, -0.1) is 11.3 Å². The van der Waals surface area contributed by atoms with Crippen molar-refractivity contribution in [2.75, 3.05) is 0 Å². The molecule has 0 aliphatic heterocycles. The van der Waals surface area contributed by atoms with Crippen LogP contribution >= 0.6 is 27.3 Å². The fourth-order valence-electron chi connectivity index (χ4n) is 1.59. The lowest BCUT2D eigenvalue weighted by molar-refractivity contribution is -0.142. The second kappa shape index (κ2) is 4.86. The normalized spacial score (nSPS) is 11.5. The van der Waals surface area contributed by atoms with E-state index < -0.39 is 11.4 Å². The minimum Gasteiger partial charge on any atom is -0.481 e. The molecule has 0 saturated carbocycles. The van der Waals surface area contributed by atoms with E-state index in [-0.39, 0.29) is 0 Å². The highest BCUT2D eigenvalue weighted by molar-refractivity contribution is 9.10. The molecule has 18 heavy (non-hydrogen) atoms. The number of carboxylic acids is 1. The summed E-state index contributed by atoms with van der Waals surface area (Å²) in [5.41, 5.74) is 1.08. The summed E-state index contributed by atoms with van der Waals surface area (Å²) in [5, 5.41) is 11.1. The van der Waals surface area contributed by atoms with Gasteiger partial charge in [0.2, 0.25) is 0 Å². The van der Waals surface area contributed by atoms with Crippen LogP contribution in [-0.4, -0.2) is 11.1 Å². The second-order valence-electron chi connectivity index (χ2n) is 4.61. The number of hydrogen-bond donors (Lipinski definition) is 1. The van der Waals surface area contributed by atoms with Gasteiger partial charge in [0.1, 0.15) is 0 Å². The van der Waals surface area contributed by atoms with Crippen LogP contribution in [0.25, 0.3) is 10.4 Å². The fourth-order valence-corrected chi connectivity index (χ4v) is 3.34. The van der Waals surface area contributed by atoms with Crippen LogP contribution in [0, 0.1) is 0 Å². The molecule has 4 heteroatoms. The lowest BCUT2D eigenvalue weighted by Crippen LogP contribution is -2.27. The largest absolute Gasteiger partial charge is 0.481 e. The van der Waals surface area contributed by atoms with E-state index in [1.54, 1.807) is 25.2 Å². The molecular weight excluding hydrogens is 312 g/mol. The summed E-state index contributed by atoms with van der Waals surface area (Å²) in [4.78, 5) is 12.3. The minimum absolute atomic E-state index is 0.807. The number of halogens is 1. The number of hydrogen-bond acceptors (Lipinski definition) is 2. The van der Waals surface area contributed by atoms with Crippen molar-refractivity contribution in [2.45, 2.75) is 19.3 Å². The van der Waals surface area contributed by atoms with Gasteiger partial charge in [-0.2, -0.15) is 0 Å². The van der Waals surface area contributed by atoms with E-state index in [4.69, 9.17) is 0 Å².